The molecule has 29 heavy (non-hydrogen) atoms. The van der Waals surface area contributed by atoms with Crippen LogP contribution in [0, 0.1) is 6.92 Å². The van der Waals surface area contributed by atoms with Gasteiger partial charge in [-0.2, -0.15) is 5.10 Å². The van der Waals surface area contributed by atoms with E-state index >= 15 is 0 Å². The minimum absolute atomic E-state index is 0.585. The fraction of sp³-hybridized carbons (Fsp3) is 0.348. The van der Waals surface area contributed by atoms with E-state index in [9.17, 15) is 0 Å². The Kier molecular flexibility index (Phi) is 5.34. The number of fused-ring (bicyclic) bond motifs is 1. The van der Waals surface area contributed by atoms with Crippen LogP contribution in [0.4, 0.5) is 5.82 Å². The third kappa shape index (κ3) is 3.39. The van der Waals surface area contributed by atoms with E-state index in [1.807, 2.05) is 22.9 Å². The Hall–Kier alpha value is -3.15. The van der Waals surface area contributed by atoms with Crippen molar-refractivity contribution in [3.05, 3.63) is 47.5 Å². The molecule has 1 aromatic heterocycles. The number of methoxy groups -OCH3 is 3. The number of nitrogens with zero attached hydrogens (tertiary/aromatic N) is 2. The van der Waals surface area contributed by atoms with Gasteiger partial charge in [-0.25, -0.2) is 4.68 Å². The summed E-state index contributed by atoms with van der Waals surface area (Å²) in [6.45, 7) is 3.05. The maximum atomic E-state index is 5.56. The smallest absolute Gasteiger partial charge is 0.203 e. The normalized spacial score (nSPS) is 13.2. The Morgan fingerprint density at radius 2 is 1.69 bits per heavy atom. The lowest BCUT2D eigenvalue weighted by Gasteiger charge is -2.14. The predicted molar refractivity (Wildman–Crippen MR) is 115 cm³/mol. The number of hydrogen-bond acceptors (Lipinski definition) is 5. The van der Waals surface area contributed by atoms with Crippen LogP contribution in [0.1, 0.15) is 24.0 Å². The molecule has 0 fully saturated rings. The summed E-state index contributed by atoms with van der Waals surface area (Å²) in [6.07, 6.45) is 3.23. The van der Waals surface area contributed by atoms with E-state index in [1.54, 1.807) is 21.3 Å². The molecular weight excluding hydrogens is 366 g/mol. The lowest BCUT2D eigenvalue weighted by atomic mass is 10.0. The molecule has 152 valence electrons. The highest BCUT2D eigenvalue weighted by molar-refractivity contribution is 5.75. The molecule has 6 nitrogen and oxygen atoms in total. The van der Waals surface area contributed by atoms with Gasteiger partial charge in [0.05, 0.1) is 32.7 Å². The number of aromatic nitrogens is 2. The maximum absolute atomic E-state index is 5.56. The van der Waals surface area contributed by atoms with Gasteiger partial charge in [0, 0.05) is 17.7 Å². The van der Waals surface area contributed by atoms with Crippen LogP contribution >= 0.6 is 0 Å². The molecule has 4 rings (SSSR count). The van der Waals surface area contributed by atoms with Gasteiger partial charge in [-0.3, -0.25) is 0 Å². The topological polar surface area (TPSA) is 57.5 Å². The van der Waals surface area contributed by atoms with Crippen LogP contribution in [0.25, 0.3) is 16.9 Å². The first-order chi connectivity index (χ1) is 14.2. The molecule has 1 N–H and O–H groups in total. The summed E-state index contributed by atoms with van der Waals surface area (Å²) in [5, 5.41) is 8.65. The first kappa shape index (κ1) is 19.2. The van der Waals surface area contributed by atoms with Gasteiger partial charge in [0.1, 0.15) is 5.82 Å². The van der Waals surface area contributed by atoms with Crippen LogP contribution in [-0.4, -0.2) is 37.7 Å². The number of ether oxygens (including phenoxy) is 3. The van der Waals surface area contributed by atoms with E-state index in [4.69, 9.17) is 19.3 Å². The number of anilines is 1. The zero-order valence-electron chi connectivity index (χ0n) is 17.4. The van der Waals surface area contributed by atoms with Crippen LogP contribution in [0.15, 0.2) is 36.4 Å². The van der Waals surface area contributed by atoms with Crippen LogP contribution in [0.2, 0.25) is 0 Å². The SMILES string of the molecule is COc1cc(-c2nn(-c3ccccc3C)c3c2CCCCN3)cc(OC)c1OC. The highest BCUT2D eigenvalue weighted by atomic mass is 16.5. The number of benzene rings is 2. The summed E-state index contributed by atoms with van der Waals surface area (Å²) >= 11 is 0. The van der Waals surface area contributed by atoms with E-state index in [0.29, 0.717) is 17.2 Å². The molecule has 0 saturated heterocycles. The van der Waals surface area contributed by atoms with Gasteiger partial charge in [-0.15, -0.1) is 0 Å². The summed E-state index contributed by atoms with van der Waals surface area (Å²) < 4.78 is 18.7. The first-order valence-corrected chi connectivity index (χ1v) is 9.90. The summed E-state index contributed by atoms with van der Waals surface area (Å²) in [7, 11) is 4.88. The molecule has 0 bridgehead atoms. The fourth-order valence-electron chi connectivity index (χ4n) is 3.93. The average molecular weight is 393 g/mol. The van der Waals surface area contributed by atoms with Gasteiger partial charge in [-0.1, -0.05) is 18.2 Å². The zero-order valence-corrected chi connectivity index (χ0v) is 17.4. The van der Waals surface area contributed by atoms with Crippen molar-refractivity contribution in [2.24, 2.45) is 0 Å². The molecule has 6 heteroatoms. The number of nitrogens with one attached hydrogen (secondary N) is 1. The zero-order chi connectivity index (χ0) is 20.4. The lowest BCUT2D eigenvalue weighted by molar-refractivity contribution is 0.324. The Labute approximate surface area is 171 Å². The third-order valence-corrected chi connectivity index (χ3v) is 5.41. The van der Waals surface area contributed by atoms with Crippen molar-refractivity contribution in [3.8, 4) is 34.2 Å². The van der Waals surface area contributed by atoms with E-state index in [0.717, 1.165) is 48.6 Å². The number of aryl methyl sites for hydroxylation is 1. The molecule has 1 aliphatic heterocycles. The van der Waals surface area contributed by atoms with Crippen molar-refractivity contribution in [2.45, 2.75) is 26.2 Å². The summed E-state index contributed by atoms with van der Waals surface area (Å²) in [4.78, 5) is 0. The molecule has 2 aromatic carbocycles. The minimum atomic E-state index is 0.585. The average Bonchev–Trinajstić information content (AvgIpc) is 2.93. The predicted octanol–water partition coefficient (Wildman–Crippen LogP) is 4.62. The van der Waals surface area contributed by atoms with Crippen LogP contribution in [-0.2, 0) is 6.42 Å². The molecular formula is C23H27N3O3. The first-order valence-electron chi connectivity index (χ1n) is 9.90. The maximum Gasteiger partial charge on any atom is 0.203 e. The molecule has 0 radical (unpaired) electrons. The Morgan fingerprint density at radius 3 is 2.34 bits per heavy atom. The van der Waals surface area contributed by atoms with Gasteiger partial charge in [-0.05, 0) is 49.9 Å². The summed E-state index contributed by atoms with van der Waals surface area (Å²) in [6, 6.07) is 12.3. The second-order valence-corrected chi connectivity index (χ2v) is 7.17. The Bertz CT molecular complexity index is 1000. The Morgan fingerprint density at radius 1 is 0.966 bits per heavy atom. The summed E-state index contributed by atoms with van der Waals surface area (Å²) in [5.74, 6) is 2.91. The fourth-order valence-corrected chi connectivity index (χ4v) is 3.93. The second-order valence-electron chi connectivity index (χ2n) is 7.17. The Balaban J connectivity index is 1.94. The largest absolute Gasteiger partial charge is 0.493 e. The molecule has 3 aromatic rings. The van der Waals surface area contributed by atoms with Crippen molar-refractivity contribution in [1.29, 1.82) is 0 Å². The monoisotopic (exact) mass is 393 g/mol. The van der Waals surface area contributed by atoms with Crippen molar-refractivity contribution in [1.82, 2.24) is 9.78 Å². The van der Waals surface area contributed by atoms with Gasteiger partial charge < -0.3 is 19.5 Å². The number of hydrogen-bond donors (Lipinski definition) is 1. The standard InChI is InChI=1S/C23H27N3O3/c1-15-9-5-6-11-18(15)26-23-17(10-7-8-12-24-23)21(25-26)16-13-19(27-2)22(29-4)20(14-16)28-3/h5-6,9,11,13-14,24H,7-8,10,12H2,1-4H3. The van der Waals surface area contributed by atoms with Crippen molar-refractivity contribution in [2.75, 3.05) is 33.2 Å². The minimum Gasteiger partial charge on any atom is -0.493 e. The van der Waals surface area contributed by atoms with E-state index in [2.05, 4.69) is 30.4 Å². The molecule has 0 spiro atoms. The molecule has 0 amide bonds. The molecule has 2 heterocycles. The molecule has 0 saturated carbocycles. The summed E-state index contributed by atoms with van der Waals surface area (Å²) in [5.41, 5.74) is 5.38. The van der Waals surface area contributed by atoms with Gasteiger partial charge >= 0.3 is 0 Å². The highest BCUT2D eigenvalue weighted by Crippen LogP contribution is 2.43. The van der Waals surface area contributed by atoms with Gasteiger partial charge in [0.15, 0.2) is 11.5 Å². The molecule has 0 unspecified atom stereocenters. The molecule has 0 atom stereocenters. The van der Waals surface area contributed by atoms with Gasteiger partial charge in [0.25, 0.3) is 0 Å². The molecule has 1 aliphatic rings. The van der Waals surface area contributed by atoms with E-state index in [-0.39, 0.29) is 0 Å². The second kappa shape index (κ2) is 8.07. The number of para-hydroxylation sites is 1. The molecule has 0 aliphatic carbocycles. The quantitative estimate of drug-likeness (QED) is 0.685. The van der Waals surface area contributed by atoms with Crippen LogP contribution in [0.5, 0.6) is 17.2 Å². The highest BCUT2D eigenvalue weighted by Gasteiger charge is 2.24. The number of rotatable bonds is 5. The van der Waals surface area contributed by atoms with Crippen molar-refractivity contribution < 1.29 is 14.2 Å². The van der Waals surface area contributed by atoms with Crippen LogP contribution in [0.3, 0.4) is 0 Å². The van der Waals surface area contributed by atoms with Crippen molar-refractivity contribution >= 4 is 5.82 Å². The van der Waals surface area contributed by atoms with E-state index < -0.39 is 0 Å². The third-order valence-electron chi connectivity index (χ3n) is 5.41. The van der Waals surface area contributed by atoms with Gasteiger partial charge in [0.2, 0.25) is 5.75 Å². The van der Waals surface area contributed by atoms with Crippen LogP contribution < -0.4 is 19.5 Å². The lowest BCUT2D eigenvalue weighted by Crippen LogP contribution is -2.08. The van der Waals surface area contributed by atoms with E-state index in [1.165, 1.54) is 11.1 Å². The van der Waals surface area contributed by atoms with Crippen molar-refractivity contribution in [3.63, 3.8) is 0 Å².